The van der Waals surface area contributed by atoms with E-state index in [1.165, 1.54) is 6.07 Å². The molecule has 2 aromatic carbocycles. The van der Waals surface area contributed by atoms with Gasteiger partial charge in [-0.3, -0.25) is 9.59 Å². The van der Waals surface area contributed by atoms with Crippen LogP contribution in [-0.4, -0.2) is 72.4 Å². The number of piperazine rings is 1. The van der Waals surface area contributed by atoms with Crippen molar-refractivity contribution in [3.8, 4) is 16.9 Å². The van der Waals surface area contributed by atoms with Crippen molar-refractivity contribution in [2.75, 3.05) is 44.2 Å². The molecule has 0 radical (unpaired) electrons. The maximum absolute atomic E-state index is 13.0. The van der Waals surface area contributed by atoms with Gasteiger partial charge in [0.25, 0.3) is 5.91 Å². The summed E-state index contributed by atoms with van der Waals surface area (Å²) in [6.45, 7) is 3.17. The van der Waals surface area contributed by atoms with Gasteiger partial charge in [-0.15, -0.1) is 10.2 Å². The van der Waals surface area contributed by atoms with Crippen molar-refractivity contribution < 1.29 is 27.5 Å². The summed E-state index contributed by atoms with van der Waals surface area (Å²) in [6, 6.07) is 18.9. The molecule has 1 aliphatic heterocycles. The second-order valence-electron chi connectivity index (χ2n) is 9.06. The van der Waals surface area contributed by atoms with Gasteiger partial charge in [0.1, 0.15) is 12.3 Å². The zero-order valence-electron chi connectivity index (χ0n) is 21.6. The molecular weight excluding hydrogens is 511 g/mol. The van der Waals surface area contributed by atoms with Crippen molar-refractivity contribution in [3.63, 3.8) is 0 Å². The lowest BCUT2D eigenvalue weighted by Crippen LogP contribution is -2.49. The monoisotopic (exact) mass is 541 g/mol. The van der Waals surface area contributed by atoms with Gasteiger partial charge in [0.15, 0.2) is 11.5 Å². The largest absolute Gasteiger partial charge is 0.494 e. The number of ether oxygens (including phenoxy) is 1. The predicted molar refractivity (Wildman–Crippen MR) is 141 cm³/mol. The van der Waals surface area contributed by atoms with Gasteiger partial charge in [0.05, 0.1) is 6.61 Å². The Hall–Kier alpha value is -4.15. The highest BCUT2D eigenvalue weighted by Crippen LogP contribution is 2.28. The van der Waals surface area contributed by atoms with E-state index in [2.05, 4.69) is 16.3 Å². The highest BCUT2D eigenvalue weighted by atomic mass is 19.4. The van der Waals surface area contributed by atoms with Crippen LogP contribution in [0.2, 0.25) is 0 Å². The van der Waals surface area contributed by atoms with E-state index in [0.29, 0.717) is 51.4 Å². The molecule has 0 atom stereocenters. The van der Waals surface area contributed by atoms with Gasteiger partial charge in [-0.2, -0.15) is 13.2 Å². The average Bonchev–Trinajstić information content (AvgIpc) is 2.95. The Labute approximate surface area is 224 Å². The lowest BCUT2D eigenvalue weighted by Gasteiger charge is -2.35. The van der Waals surface area contributed by atoms with Crippen LogP contribution in [0.25, 0.3) is 11.1 Å². The van der Waals surface area contributed by atoms with E-state index >= 15 is 0 Å². The first-order valence-corrected chi connectivity index (χ1v) is 12.8. The number of hydrogen-bond donors (Lipinski definition) is 1. The van der Waals surface area contributed by atoms with Crippen LogP contribution < -0.4 is 15.0 Å². The summed E-state index contributed by atoms with van der Waals surface area (Å²) in [5.74, 6) is 0.432. The molecule has 0 unspecified atom stereocenters. The summed E-state index contributed by atoms with van der Waals surface area (Å²) in [4.78, 5) is 28.6. The number of aromatic nitrogens is 2. The molecule has 1 fully saturated rings. The molecule has 0 spiro atoms. The van der Waals surface area contributed by atoms with Crippen molar-refractivity contribution in [1.82, 2.24) is 20.4 Å². The Kier molecular flexibility index (Phi) is 9.00. The van der Waals surface area contributed by atoms with Crippen molar-refractivity contribution in [2.45, 2.75) is 25.9 Å². The van der Waals surface area contributed by atoms with E-state index in [-0.39, 0.29) is 11.6 Å². The van der Waals surface area contributed by atoms with Gasteiger partial charge in [-0.25, -0.2) is 0 Å². The number of aryl methyl sites for hydroxylation is 1. The molecule has 1 N–H and O–H groups in total. The number of rotatable bonds is 9. The van der Waals surface area contributed by atoms with Crippen LogP contribution in [0.15, 0.2) is 60.7 Å². The average molecular weight is 542 g/mol. The van der Waals surface area contributed by atoms with Gasteiger partial charge >= 0.3 is 6.18 Å². The van der Waals surface area contributed by atoms with Crippen molar-refractivity contribution >= 4 is 17.6 Å². The van der Waals surface area contributed by atoms with Crippen LogP contribution in [0.3, 0.4) is 0 Å². The number of halogens is 3. The standard InChI is InChI=1S/C28H30F3N5O3/c1-2-39-22-8-5-7-21(18-22)23-9-4-3-6-20(23)10-13-26(37)36-16-14-35(15-17-36)25-12-11-24(33-34-25)27(38)32-19-28(29,30)31/h3-9,11-12,18H,2,10,13-17,19H2,1H3,(H,32,38). The number of anilines is 1. The number of alkyl halides is 3. The molecule has 206 valence electrons. The number of amides is 2. The normalized spacial score (nSPS) is 13.7. The fourth-order valence-electron chi connectivity index (χ4n) is 4.41. The number of carbonyl (C=O) groups is 2. The summed E-state index contributed by atoms with van der Waals surface area (Å²) in [5.41, 5.74) is 3.02. The van der Waals surface area contributed by atoms with E-state index in [9.17, 15) is 22.8 Å². The Balaban J connectivity index is 1.29. The molecule has 8 nitrogen and oxygen atoms in total. The molecule has 2 heterocycles. The Morgan fingerprint density at radius 1 is 0.974 bits per heavy atom. The molecule has 1 aliphatic rings. The molecule has 2 amide bonds. The Morgan fingerprint density at radius 3 is 2.44 bits per heavy atom. The third-order valence-electron chi connectivity index (χ3n) is 6.37. The molecule has 39 heavy (non-hydrogen) atoms. The number of carbonyl (C=O) groups excluding carboxylic acids is 2. The van der Waals surface area contributed by atoms with Gasteiger partial charge in [-0.05, 0) is 54.3 Å². The van der Waals surface area contributed by atoms with Gasteiger partial charge in [-0.1, -0.05) is 36.4 Å². The minimum absolute atomic E-state index is 0.0651. The van der Waals surface area contributed by atoms with Gasteiger partial charge in [0.2, 0.25) is 5.91 Å². The lowest BCUT2D eigenvalue weighted by molar-refractivity contribution is -0.131. The number of nitrogens with zero attached hydrogens (tertiary/aromatic N) is 4. The minimum Gasteiger partial charge on any atom is -0.494 e. The van der Waals surface area contributed by atoms with Crippen LogP contribution in [0.5, 0.6) is 5.75 Å². The first kappa shape index (κ1) is 27.9. The quantitative estimate of drug-likeness (QED) is 0.439. The smallest absolute Gasteiger partial charge is 0.405 e. The van der Waals surface area contributed by atoms with Gasteiger partial charge in [0, 0.05) is 32.6 Å². The molecule has 4 rings (SSSR count). The third-order valence-corrected chi connectivity index (χ3v) is 6.37. The number of hydrogen-bond acceptors (Lipinski definition) is 6. The van der Waals surface area contributed by atoms with E-state index in [4.69, 9.17) is 4.74 Å². The summed E-state index contributed by atoms with van der Waals surface area (Å²) in [5, 5.41) is 9.52. The van der Waals surface area contributed by atoms with Gasteiger partial charge < -0.3 is 19.9 Å². The SMILES string of the molecule is CCOc1cccc(-c2ccccc2CCC(=O)N2CCN(c3ccc(C(=O)NCC(F)(F)F)nn3)CC2)c1. The summed E-state index contributed by atoms with van der Waals surface area (Å²) >= 11 is 0. The molecule has 0 aliphatic carbocycles. The van der Waals surface area contributed by atoms with Crippen LogP contribution in [0.1, 0.15) is 29.4 Å². The minimum atomic E-state index is -4.50. The Bertz CT molecular complexity index is 1280. The van der Waals surface area contributed by atoms with Crippen LogP contribution in [0.4, 0.5) is 19.0 Å². The first-order chi connectivity index (χ1) is 18.7. The predicted octanol–water partition coefficient (Wildman–Crippen LogP) is 4.12. The maximum Gasteiger partial charge on any atom is 0.405 e. The Morgan fingerprint density at radius 2 is 1.74 bits per heavy atom. The van der Waals surface area contributed by atoms with E-state index in [1.54, 1.807) is 11.4 Å². The first-order valence-electron chi connectivity index (χ1n) is 12.8. The second kappa shape index (κ2) is 12.6. The fourth-order valence-corrected chi connectivity index (χ4v) is 4.41. The molecular formula is C28H30F3N5O3. The molecule has 3 aromatic rings. The topological polar surface area (TPSA) is 87.7 Å². The van der Waals surface area contributed by atoms with Crippen LogP contribution >= 0.6 is 0 Å². The highest BCUT2D eigenvalue weighted by molar-refractivity contribution is 5.92. The highest BCUT2D eigenvalue weighted by Gasteiger charge is 2.28. The van der Waals surface area contributed by atoms with Crippen molar-refractivity contribution in [3.05, 3.63) is 71.9 Å². The second-order valence-corrected chi connectivity index (χ2v) is 9.06. The van der Waals surface area contributed by atoms with E-state index in [1.807, 2.05) is 59.2 Å². The molecule has 0 bridgehead atoms. The van der Waals surface area contributed by atoms with E-state index in [0.717, 1.165) is 22.4 Å². The molecule has 1 aromatic heterocycles. The van der Waals surface area contributed by atoms with Crippen LogP contribution in [-0.2, 0) is 11.2 Å². The number of nitrogens with one attached hydrogen (secondary N) is 1. The maximum atomic E-state index is 13.0. The molecule has 0 saturated carbocycles. The summed E-state index contributed by atoms with van der Waals surface area (Å²) < 4.78 is 42.5. The third kappa shape index (κ3) is 7.68. The molecule has 11 heteroatoms. The lowest BCUT2D eigenvalue weighted by atomic mass is 9.96. The van der Waals surface area contributed by atoms with Crippen molar-refractivity contribution in [2.24, 2.45) is 0 Å². The summed E-state index contributed by atoms with van der Waals surface area (Å²) in [6.07, 6.45) is -3.51. The fraction of sp³-hybridized carbons (Fsp3) is 0.357. The summed E-state index contributed by atoms with van der Waals surface area (Å²) in [7, 11) is 0. The van der Waals surface area contributed by atoms with E-state index < -0.39 is 18.6 Å². The van der Waals surface area contributed by atoms with Crippen molar-refractivity contribution in [1.29, 1.82) is 0 Å². The number of benzene rings is 2. The zero-order valence-corrected chi connectivity index (χ0v) is 21.6. The van der Waals surface area contributed by atoms with Crippen LogP contribution in [0, 0.1) is 0 Å². The molecule has 1 saturated heterocycles. The zero-order chi connectivity index (χ0) is 27.8.